The highest BCUT2D eigenvalue weighted by molar-refractivity contribution is 6.15. The third kappa shape index (κ3) is 6.06. The van der Waals surface area contributed by atoms with Gasteiger partial charge in [-0.3, -0.25) is 0 Å². The summed E-state index contributed by atoms with van der Waals surface area (Å²) in [6.45, 7) is 0. The van der Waals surface area contributed by atoms with Crippen LogP contribution in [-0.4, -0.2) is 19.5 Å². The molecule has 12 aromatic rings. The van der Waals surface area contributed by atoms with Gasteiger partial charge in [0.2, 0.25) is 0 Å². The molecule has 5 nitrogen and oxygen atoms in total. The normalized spacial score (nSPS) is 11.5. The molecule has 0 bridgehead atoms. The maximum absolute atomic E-state index is 6.68. The van der Waals surface area contributed by atoms with Crippen molar-refractivity contribution in [2.75, 3.05) is 0 Å². The van der Waals surface area contributed by atoms with E-state index in [0.717, 1.165) is 77.7 Å². The Morgan fingerprint density at radius 2 is 0.839 bits per heavy atom. The fourth-order valence-corrected chi connectivity index (χ4v) is 8.95. The molecule has 5 heteroatoms. The largest absolute Gasteiger partial charge is 0.456 e. The summed E-state index contributed by atoms with van der Waals surface area (Å²) in [5.74, 6) is 1.81. The van der Waals surface area contributed by atoms with Gasteiger partial charge in [0.05, 0.1) is 11.0 Å². The van der Waals surface area contributed by atoms with Crippen LogP contribution in [0.3, 0.4) is 0 Å². The lowest BCUT2D eigenvalue weighted by molar-refractivity contribution is 0.669. The predicted molar refractivity (Wildman–Crippen MR) is 254 cm³/mol. The zero-order valence-corrected chi connectivity index (χ0v) is 33.5. The minimum absolute atomic E-state index is 0.581. The van der Waals surface area contributed by atoms with E-state index in [0.29, 0.717) is 17.5 Å². The maximum atomic E-state index is 6.68. The predicted octanol–water partition coefficient (Wildman–Crippen LogP) is 14.9. The third-order valence-electron chi connectivity index (χ3n) is 11.9. The van der Waals surface area contributed by atoms with Crippen LogP contribution in [0.4, 0.5) is 0 Å². The highest BCUT2D eigenvalue weighted by Gasteiger charge is 2.19. The number of furan rings is 1. The molecule has 0 saturated carbocycles. The number of nitrogens with zero attached hydrogens (tertiary/aromatic N) is 4. The van der Waals surface area contributed by atoms with Crippen molar-refractivity contribution >= 4 is 43.7 Å². The van der Waals surface area contributed by atoms with E-state index in [9.17, 15) is 0 Å². The molecule has 62 heavy (non-hydrogen) atoms. The van der Waals surface area contributed by atoms with E-state index in [-0.39, 0.29) is 0 Å². The summed E-state index contributed by atoms with van der Waals surface area (Å²) in [6, 6.07) is 76.3. The summed E-state index contributed by atoms with van der Waals surface area (Å²) >= 11 is 0. The number of aromatic nitrogens is 4. The van der Waals surface area contributed by atoms with Crippen molar-refractivity contribution in [2.45, 2.75) is 0 Å². The summed E-state index contributed by atoms with van der Waals surface area (Å²) in [7, 11) is 0. The first-order valence-corrected chi connectivity index (χ1v) is 20.8. The molecule has 0 amide bonds. The van der Waals surface area contributed by atoms with E-state index in [1.165, 1.54) is 21.8 Å². The van der Waals surface area contributed by atoms with E-state index >= 15 is 0 Å². The number of fused-ring (bicyclic) bond motifs is 6. The van der Waals surface area contributed by atoms with Crippen LogP contribution >= 0.6 is 0 Å². The molecule has 3 heterocycles. The van der Waals surface area contributed by atoms with Crippen molar-refractivity contribution < 1.29 is 4.42 Å². The second-order valence-electron chi connectivity index (χ2n) is 15.6. The first-order chi connectivity index (χ1) is 30.7. The van der Waals surface area contributed by atoms with E-state index in [1.54, 1.807) is 0 Å². The Labute approximate surface area is 357 Å². The summed E-state index contributed by atoms with van der Waals surface area (Å²) in [4.78, 5) is 15.1. The molecule has 0 aliphatic carbocycles. The van der Waals surface area contributed by atoms with Gasteiger partial charge >= 0.3 is 0 Å². The van der Waals surface area contributed by atoms with E-state index in [4.69, 9.17) is 19.4 Å². The number of hydrogen-bond acceptors (Lipinski definition) is 4. The Kier molecular flexibility index (Phi) is 8.42. The monoisotopic (exact) mass is 792 g/mol. The van der Waals surface area contributed by atoms with Crippen LogP contribution in [0, 0.1) is 0 Å². The van der Waals surface area contributed by atoms with Gasteiger partial charge < -0.3 is 8.98 Å². The highest BCUT2D eigenvalue weighted by atomic mass is 16.3. The molecule has 9 aromatic carbocycles. The van der Waals surface area contributed by atoms with Gasteiger partial charge in [0.15, 0.2) is 17.5 Å². The summed E-state index contributed by atoms with van der Waals surface area (Å²) in [6.07, 6.45) is 0. The summed E-state index contributed by atoms with van der Waals surface area (Å²) < 4.78 is 9.04. The molecule has 0 radical (unpaired) electrons. The third-order valence-corrected chi connectivity index (χ3v) is 11.9. The zero-order chi connectivity index (χ0) is 41.0. The van der Waals surface area contributed by atoms with Crippen molar-refractivity contribution in [3.8, 4) is 73.2 Å². The number of para-hydroxylation sites is 2. The first-order valence-electron chi connectivity index (χ1n) is 20.8. The van der Waals surface area contributed by atoms with Crippen molar-refractivity contribution in [1.29, 1.82) is 0 Å². The van der Waals surface area contributed by atoms with Gasteiger partial charge in [0.25, 0.3) is 0 Å². The Hall–Kier alpha value is -8.41. The van der Waals surface area contributed by atoms with Crippen LogP contribution in [0.25, 0.3) is 117 Å². The minimum atomic E-state index is 0.581. The molecular weight excluding hydrogens is 757 g/mol. The van der Waals surface area contributed by atoms with Gasteiger partial charge in [-0.25, -0.2) is 15.0 Å². The number of rotatable bonds is 7. The fourth-order valence-electron chi connectivity index (χ4n) is 8.95. The van der Waals surface area contributed by atoms with E-state index < -0.39 is 0 Å². The van der Waals surface area contributed by atoms with E-state index in [2.05, 4.69) is 187 Å². The molecular formula is C57H36N4O. The Morgan fingerprint density at radius 1 is 0.306 bits per heavy atom. The summed E-state index contributed by atoms with van der Waals surface area (Å²) in [5, 5.41) is 4.55. The Morgan fingerprint density at radius 3 is 1.60 bits per heavy atom. The second-order valence-corrected chi connectivity index (χ2v) is 15.6. The molecule has 0 spiro atoms. The molecule has 0 unspecified atom stereocenters. The van der Waals surface area contributed by atoms with Crippen LogP contribution in [0.1, 0.15) is 0 Å². The Bertz CT molecular complexity index is 3610. The van der Waals surface area contributed by atoms with Crippen molar-refractivity contribution in [3.05, 3.63) is 218 Å². The van der Waals surface area contributed by atoms with Gasteiger partial charge in [-0.15, -0.1) is 0 Å². The zero-order valence-electron chi connectivity index (χ0n) is 33.5. The minimum Gasteiger partial charge on any atom is -0.456 e. The standard InChI is InChI=1S/C57H36N4O/c1-4-15-37(16-5-1)38-27-29-40(30-28-38)56-58-55(39-17-6-2-7-18-39)59-57(60-56)42-31-33-48-53(36-42)62-52-26-14-24-47(54(48)52)45-22-11-10-21-44(45)41-32-34-51-49(35-41)46-23-12-13-25-50(46)61(51)43-19-8-3-9-20-43/h1-36H. The van der Waals surface area contributed by atoms with Gasteiger partial charge in [-0.05, 0) is 81.9 Å². The Balaban J connectivity index is 0.965. The number of benzene rings is 9. The fraction of sp³-hybridized carbons (Fsp3) is 0. The molecule has 0 aliphatic heterocycles. The van der Waals surface area contributed by atoms with E-state index in [1.807, 2.05) is 36.4 Å². The van der Waals surface area contributed by atoms with Crippen molar-refractivity contribution in [2.24, 2.45) is 0 Å². The van der Waals surface area contributed by atoms with Crippen molar-refractivity contribution in [3.63, 3.8) is 0 Å². The average Bonchev–Trinajstić information content (AvgIpc) is 3.90. The van der Waals surface area contributed by atoms with Crippen LogP contribution in [0.2, 0.25) is 0 Å². The smallest absolute Gasteiger partial charge is 0.164 e. The summed E-state index contributed by atoms with van der Waals surface area (Å²) in [5.41, 5.74) is 14.7. The second kappa shape index (κ2) is 14.7. The van der Waals surface area contributed by atoms with Crippen molar-refractivity contribution in [1.82, 2.24) is 19.5 Å². The lowest BCUT2D eigenvalue weighted by Crippen LogP contribution is -2.00. The van der Waals surface area contributed by atoms with Gasteiger partial charge in [0.1, 0.15) is 11.2 Å². The van der Waals surface area contributed by atoms with Crippen LogP contribution in [0.5, 0.6) is 0 Å². The lowest BCUT2D eigenvalue weighted by Gasteiger charge is -2.12. The molecule has 0 fully saturated rings. The lowest BCUT2D eigenvalue weighted by atomic mass is 9.91. The van der Waals surface area contributed by atoms with Gasteiger partial charge in [-0.1, -0.05) is 170 Å². The quantitative estimate of drug-likeness (QED) is 0.161. The molecule has 290 valence electrons. The average molecular weight is 793 g/mol. The topological polar surface area (TPSA) is 56.7 Å². The highest BCUT2D eigenvalue weighted by Crippen LogP contribution is 2.43. The van der Waals surface area contributed by atoms with Gasteiger partial charge in [0, 0.05) is 43.9 Å². The molecule has 12 rings (SSSR count). The molecule has 0 atom stereocenters. The SMILES string of the molecule is c1ccc(-c2ccc(-c3nc(-c4ccccc4)nc(-c4ccc5c(c4)oc4cccc(-c6ccccc6-c6ccc7c(c6)c6ccccc6n7-c6ccccc6)c45)n3)cc2)cc1. The first kappa shape index (κ1) is 35.5. The molecule has 0 N–H and O–H groups in total. The molecule has 0 saturated heterocycles. The molecule has 3 aromatic heterocycles. The number of hydrogen-bond donors (Lipinski definition) is 0. The van der Waals surface area contributed by atoms with Crippen LogP contribution in [-0.2, 0) is 0 Å². The molecule has 0 aliphatic rings. The van der Waals surface area contributed by atoms with Gasteiger partial charge in [-0.2, -0.15) is 0 Å². The maximum Gasteiger partial charge on any atom is 0.164 e. The van der Waals surface area contributed by atoms with Crippen LogP contribution < -0.4 is 0 Å². The van der Waals surface area contributed by atoms with Crippen LogP contribution in [0.15, 0.2) is 223 Å².